The molecule has 0 spiro atoms. The molecule has 0 bridgehead atoms. The van der Waals surface area contributed by atoms with E-state index >= 15 is 0 Å². The van der Waals surface area contributed by atoms with Crippen LogP contribution < -0.4 is 4.90 Å². The largest absolute Gasteiger partial charge is 0.347 e. The highest BCUT2D eigenvalue weighted by atomic mass is 15.2. The van der Waals surface area contributed by atoms with Gasteiger partial charge in [0.25, 0.3) is 0 Å². The number of benzene rings is 2. The van der Waals surface area contributed by atoms with E-state index in [0.717, 1.165) is 12.8 Å². The molecule has 0 N–H and O–H groups in total. The summed E-state index contributed by atoms with van der Waals surface area (Å²) in [6, 6.07) is 17.8. The van der Waals surface area contributed by atoms with Crippen LogP contribution in [0.15, 0.2) is 72.0 Å². The average molecular weight is 344 g/mol. The molecule has 1 aliphatic heterocycles. The van der Waals surface area contributed by atoms with Crippen LogP contribution in [-0.4, -0.2) is 7.05 Å². The van der Waals surface area contributed by atoms with Gasteiger partial charge in [-0.2, -0.15) is 0 Å². The average Bonchev–Trinajstić information content (AvgIpc) is 2.73. The lowest BCUT2D eigenvalue weighted by Gasteiger charge is -2.31. The van der Waals surface area contributed by atoms with Crippen molar-refractivity contribution in [2.24, 2.45) is 0 Å². The van der Waals surface area contributed by atoms with Gasteiger partial charge in [0.2, 0.25) is 0 Å². The number of para-hydroxylation sites is 1. The molecule has 0 amide bonds. The summed E-state index contributed by atoms with van der Waals surface area (Å²) in [4.78, 5) is 2.38. The molecule has 2 aromatic carbocycles. The number of likely N-dealkylation sites (N-methyl/N-ethyl adjacent to an activating group) is 1. The molecule has 0 atom stereocenters. The molecule has 1 nitrogen and oxygen atoms in total. The first-order chi connectivity index (χ1) is 12.3. The molecule has 0 radical (unpaired) electrons. The van der Waals surface area contributed by atoms with Crippen LogP contribution in [0.2, 0.25) is 0 Å². The van der Waals surface area contributed by atoms with Gasteiger partial charge in [0, 0.05) is 29.3 Å². The number of allylic oxidation sites excluding steroid dienone is 4. The maximum atomic E-state index is 2.46. The van der Waals surface area contributed by atoms with Crippen molar-refractivity contribution in [2.75, 3.05) is 11.9 Å². The van der Waals surface area contributed by atoms with E-state index in [0.29, 0.717) is 0 Å². The molecule has 1 aliphatic carbocycles. The van der Waals surface area contributed by atoms with Crippen molar-refractivity contribution in [1.29, 1.82) is 0 Å². The molecule has 134 valence electrons. The van der Waals surface area contributed by atoms with Gasteiger partial charge >= 0.3 is 0 Å². The van der Waals surface area contributed by atoms with Gasteiger partial charge in [-0.15, -0.1) is 0 Å². The van der Waals surface area contributed by atoms with Gasteiger partial charge in [-0.3, -0.25) is 0 Å². The minimum absolute atomic E-state index is 0.0196. The van der Waals surface area contributed by atoms with Gasteiger partial charge in [0.05, 0.1) is 0 Å². The normalized spacial score (nSPS) is 21.8. The fourth-order valence-electron chi connectivity index (χ4n) is 4.79. The number of anilines is 1. The first-order valence-electron chi connectivity index (χ1n) is 9.68. The third kappa shape index (κ3) is 2.45. The molecule has 4 rings (SSSR count). The molecular formula is C25H29N. The van der Waals surface area contributed by atoms with Crippen molar-refractivity contribution in [3.05, 3.63) is 88.6 Å². The second-order valence-electron chi connectivity index (χ2n) is 8.71. The van der Waals surface area contributed by atoms with Gasteiger partial charge in [-0.05, 0) is 47.2 Å². The number of fused-ring (bicyclic) bond motifs is 2. The molecule has 1 heterocycles. The van der Waals surface area contributed by atoms with Crippen molar-refractivity contribution >= 4 is 5.69 Å². The third-order valence-corrected chi connectivity index (χ3v) is 6.42. The molecule has 26 heavy (non-hydrogen) atoms. The Morgan fingerprint density at radius 3 is 2.23 bits per heavy atom. The number of hydrogen-bond acceptors (Lipinski definition) is 1. The lowest BCUT2D eigenvalue weighted by molar-refractivity contribution is 0.615. The van der Waals surface area contributed by atoms with E-state index in [2.05, 4.69) is 100 Å². The monoisotopic (exact) mass is 343 g/mol. The second-order valence-corrected chi connectivity index (χ2v) is 8.71. The van der Waals surface area contributed by atoms with Gasteiger partial charge in [-0.25, -0.2) is 0 Å². The molecule has 0 unspecified atom stereocenters. The van der Waals surface area contributed by atoms with Crippen LogP contribution in [0.25, 0.3) is 0 Å². The van der Waals surface area contributed by atoms with E-state index in [1.807, 2.05) is 0 Å². The van der Waals surface area contributed by atoms with E-state index in [1.54, 1.807) is 0 Å². The number of hydrogen-bond donors (Lipinski definition) is 0. The van der Waals surface area contributed by atoms with E-state index < -0.39 is 0 Å². The summed E-state index contributed by atoms with van der Waals surface area (Å²) in [5, 5.41) is 0. The van der Waals surface area contributed by atoms with Crippen LogP contribution in [0.4, 0.5) is 5.69 Å². The summed E-state index contributed by atoms with van der Waals surface area (Å²) in [5.41, 5.74) is 8.57. The zero-order chi connectivity index (χ0) is 18.5. The molecule has 0 fully saturated rings. The quantitative estimate of drug-likeness (QED) is 0.600. The molecule has 0 saturated carbocycles. The van der Waals surface area contributed by atoms with Crippen LogP contribution in [0, 0.1) is 0 Å². The van der Waals surface area contributed by atoms with E-state index in [1.165, 1.54) is 33.6 Å². The Hall–Kier alpha value is -2.28. The Labute approximate surface area is 158 Å². The summed E-state index contributed by atoms with van der Waals surface area (Å²) in [6.45, 7) is 9.43. The van der Waals surface area contributed by atoms with E-state index in [9.17, 15) is 0 Å². The van der Waals surface area contributed by atoms with Gasteiger partial charge in [0.1, 0.15) is 0 Å². The third-order valence-electron chi connectivity index (χ3n) is 6.42. The highest BCUT2D eigenvalue weighted by Gasteiger charge is 2.39. The second kappa shape index (κ2) is 5.87. The predicted molar refractivity (Wildman–Crippen MR) is 112 cm³/mol. The maximum absolute atomic E-state index is 2.46. The molecule has 1 heteroatoms. The van der Waals surface area contributed by atoms with Crippen molar-refractivity contribution < 1.29 is 0 Å². The van der Waals surface area contributed by atoms with Crippen LogP contribution >= 0.6 is 0 Å². The van der Waals surface area contributed by atoms with Crippen molar-refractivity contribution in [3.8, 4) is 0 Å². The lowest BCUT2D eigenvalue weighted by Crippen LogP contribution is -2.26. The molecule has 0 aromatic heterocycles. The zero-order valence-electron chi connectivity index (χ0n) is 16.6. The number of aryl methyl sites for hydroxylation is 1. The summed E-state index contributed by atoms with van der Waals surface area (Å²) in [6.07, 6.45) is 7.16. The topological polar surface area (TPSA) is 3.24 Å². The Kier molecular flexibility index (Phi) is 3.87. The fraction of sp³-hybridized carbons (Fsp3) is 0.360. The van der Waals surface area contributed by atoms with Crippen LogP contribution in [0.5, 0.6) is 0 Å². The van der Waals surface area contributed by atoms with Crippen LogP contribution in [0.3, 0.4) is 0 Å². The summed E-state index contributed by atoms with van der Waals surface area (Å²) in [5.74, 6) is 0. The van der Waals surface area contributed by atoms with Gasteiger partial charge in [-0.1, -0.05) is 76.2 Å². The Morgan fingerprint density at radius 1 is 0.846 bits per heavy atom. The first-order valence-corrected chi connectivity index (χ1v) is 9.68. The standard InChI is InChI=1S/C25H29N/c1-24(2)19(13-10-12-18-11-6-7-14-20(18)24)17-23-25(3,4)21-15-8-9-16-22(21)26(23)5/h6-9,11,13-17H,10,12H2,1-5H3/b23-17-. The Morgan fingerprint density at radius 2 is 1.50 bits per heavy atom. The Bertz CT molecular complexity index is 911. The molecule has 0 saturated heterocycles. The smallest absolute Gasteiger partial charge is 0.0447 e. The van der Waals surface area contributed by atoms with Gasteiger partial charge < -0.3 is 4.90 Å². The summed E-state index contributed by atoms with van der Waals surface area (Å²) >= 11 is 0. The number of rotatable bonds is 1. The van der Waals surface area contributed by atoms with E-state index in [-0.39, 0.29) is 10.8 Å². The lowest BCUT2D eigenvalue weighted by atomic mass is 9.74. The van der Waals surface area contributed by atoms with Gasteiger partial charge in [0.15, 0.2) is 0 Å². The summed E-state index contributed by atoms with van der Waals surface area (Å²) in [7, 11) is 2.21. The number of nitrogens with zero attached hydrogens (tertiary/aromatic N) is 1. The predicted octanol–water partition coefficient (Wildman–Crippen LogP) is 6.15. The molecule has 2 aromatic rings. The SMILES string of the molecule is CN1/C(=C\C2=CCCc3ccccc3C2(C)C)C(C)(C)c2ccccc21. The van der Waals surface area contributed by atoms with Crippen LogP contribution in [0.1, 0.15) is 50.8 Å². The minimum atomic E-state index is 0.0196. The highest BCUT2D eigenvalue weighted by molar-refractivity contribution is 5.70. The Balaban J connectivity index is 1.83. The maximum Gasteiger partial charge on any atom is 0.0447 e. The van der Waals surface area contributed by atoms with Crippen molar-refractivity contribution in [1.82, 2.24) is 0 Å². The minimum Gasteiger partial charge on any atom is -0.347 e. The fourth-order valence-corrected chi connectivity index (χ4v) is 4.79. The molecule has 2 aliphatic rings. The highest BCUT2D eigenvalue weighted by Crippen LogP contribution is 2.48. The zero-order valence-corrected chi connectivity index (χ0v) is 16.6. The van der Waals surface area contributed by atoms with E-state index in [4.69, 9.17) is 0 Å². The summed E-state index contributed by atoms with van der Waals surface area (Å²) < 4.78 is 0. The van der Waals surface area contributed by atoms with Crippen LogP contribution in [-0.2, 0) is 17.3 Å². The van der Waals surface area contributed by atoms with Crippen molar-refractivity contribution in [3.63, 3.8) is 0 Å². The first kappa shape index (κ1) is 17.1. The van der Waals surface area contributed by atoms with Crippen molar-refractivity contribution in [2.45, 2.75) is 51.4 Å². The molecular weight excluding hydrogens is 314 g/mol.